The second kappa shape index (κ2) is 6.49. The van der Waals surface area contributed by atoms with Crippen LogP contribution in [0.1, 0.15) is 19.3 Å². The van der Waals surface area contributed by atoms with Gasteiger partial charge < -0.3 is 14.8 Å². The van der Waals surface area contributed by atoms with Crippen molar-refractivity contribution in [1.29, 1.82) is 0 Å². The highest BCUT2D eigenvalue weighted by atomic mass is 16.5. The molecule has 23 heavy (non-hydrogen) atoms. The average molecular weight is 316 g/mol. The number of fused-ring (bicyclic) bond motifs is 1. The first-order chi connectivity index (χ1) is 11.3. The highest BCUT2D eigenvalue weighted by Gasteiger charge is 2.42. The number of hydrogen-bond donors (Lipinski definition) is 1. The van der Waals surface area contributed by atoms with Gasteiger partial charge in [-0.3, -0.25) is 9.69 Å². The molecule has 0 aromatic heterocycles. The lowest BCUT2D eigenvalue weighted by Gasteiger charge is -2.35. The first-order valence-electron chi connectivity index (χ1n) is 8.61. The normalized spacial score (nSPS) is 30.7. The van der Waals surface area contributed by atoms with E-state index in [9.17, 15) is 4.79 Å². The Labute approximate surface area is 136 Å². The Morgan fingerprint density at radius 1 is 1.26 bits per heavy atom. The van der Waals surface area contributed by atoms with Gasteiger partial charge in [-0.15, -0.1) is 0 Å². The number of amides is 1. The van der Waals surface area contributed by atoms with Crippen molar-refractivity contribution in [3.63, 3.8) is 0 Å². The van der Waals surface area contributed by atoms with Crippen molar-refractivity contribution >= 4 is 5.91 Å². The van der Waals surface area contributed by atoms with Gasteiger partial charge in [0.15, 0.2) is 6.61 Å². The first kappa shape index (κ1) is 15.0. The molecular weight excluding hydrogens is 292 g/mol. The van der Waals surface area contributed by atoms with Gasteiger partial charge in [-0.25, -0.2) is 0 Å². The number of nitrogens with zero attached hydrogens (tertiary/aromatic N) is 1. The number of hydrogen-bond acceptors (Lipinski definition) is 4. The van der Waals surface area contributed by atoms with Crippen LogP contribution in [0.25, 0.3) is 0 Å². The van der Waals surface area contributed by atoms with E-state index in [2.05, 4.69) is 10.2 Å². The maximum Gasteiger partial charge on any atom is 0.258 e. The van der Waals surface area contributed by atoms with E-state index in [0.717, 1.165) is 37.8 Å². The molecule has 0 unspecified atom stereocenters. The van der Waals surface area contributed by atoms with E-state index < -0.39 is 0 Å². The molecule has 2 aliphatic heterocycles. The third-order valence-corrected chi connectivity index (χ3v) is 5.07. The first-order valence-corrected chi connectivity index (χ1v) is 8.61. The van der Waals surface area contributed by atoms with Crippen molar-refractivity contribution < 1.29 is 14.3 Å². The quantitative estimate of drug-likeness (QED) is 0.893. The van der Waals surface area contributed by atoms with Crippen molar-refractivity contribution in [1.82, 2.24) is 10.2 Å². The Morgan fingerprint density at radius 3 is 2.87 bits per heavy atom. The van der Waals surface area contributed by atoms with Crippen molar-refractivity contribution in [2.75, 3.05) is 26.3 Å². The van der Waals surface area contributed by atoms with Gasteiger partial charge in [0.2, 0.25) is 0 Å². The van der Waals surface area contributed by atoms with Crippen LogP contribution in [0.5, 0.6) is 5.75 Å². The molecule has 0 bridgehead atoms. The largest absolute Gasteiger partial charge is 0.484 e. The molecule has 2 saturated heterocycles. The molecule has 124 valence electrons. The summed E-state index contributed by atoms with van der Waals surface area (Å²) in [5.74, 6) is 1.47. The summed E-state index contributed by atoms with van der Waals surface area (Å²) in [7, 11) is 0. The minimum absolute atomic E-state index is 0.0432. The Kier molecular flexibility index (Phi) is 4.23. The number of carbonyl (C=O) groups is 1. The van der Waals surface area contributed by atoms with Crippen LogP contribution < -0.4 is 10.1 Å². The molecule has 3 fully saturated rings. The number of para-hydroxylation sites is 1. The number of benzene rings is 1. The summed E-state index contributed by atoms with van der Waals surface area (Å²) < 4.78 is 11.5. The molecule has 1 saturated carbocycles. The Morgan fingerprint density at radius 2 is 2.09 bits per heavy atom. The summed E-state index contributed by atoms with van der Waals surface area (Å²) in [5.41, 5.74) is 0. The molecule has 2 heterocycles. The third-order valence-electron chi connectivity index (χ3n) is 5.07. The van der Waals surface area contributed by atoms with Crippen LogP contribution in [0.3, 0.4) is 0 Å². The van der Waals surface area contributed by atoms with Gasteiger partial charge in [0.05, 0.1) is 12.7 Å². The van der Waals surface area contributed by atoms with E-state index in [0.29, 0.717) is 12.1 Å². The smallest absolute Gasteiger partial charge is 0.258 e. The van der Waals surface area contributed by atoms with Crippen LogP contribution in [0.15, 0.2) is 30.3 Å². The van der Waals surface area contributed by atoms with Crippen LogP contribution in [0, 0.1) is 5.92 Å². The minimum Gasteiger partial charge on any atom is -0.484 e. The van der Waals surface area contributed by atoms with Crippen LogP contribution in [0.2, 0.25) is 0 Å². The number of carbonyl (C=O) groups excluding carboxylic acids is 1. The van der Waals surface area contributed by atoms with Crippen molar-refractivity contribution in [2.45, 2.75) is 37.5 Å². The molecule has 1 aliphatic carbocycles. The molecule has 3 aliphatic rings. The summed E-state index contributed by atoms with van der Waals surface area (Å²) >= 11 is 0. The zero-order valence-electron chi connectivity index (χ0n) is 13.3. The van der Waals surface area contributed by atoms with Crippen LogP contribution in [0.4, 0.5) is 0 Å². The molecule has 1 amide bonds. The molecule has 0 spiro atoms. The fourth-order valence-electron chi connectivity index (χ4n) is 3.69. The van der Waals surface area contributed by atoms with E-state index in [1.807, 2.05) is 30.3 Å². The molecule has 3 atom stereocenters. The van der Waals surface area contributed by atoms with E-state index in [4.69, 9.17) is 9.47 Å². The van der Waals surface area contributed by atoms with E-state index in [1.54, 1.807) is 0 Å². The summed E-state index contributed by atoms with van der Waals surface area (Å²) in [5, 5.41) is 3.10. The van der Waals surface area contributed by atoms with E-state index in [1.165, 1.54) is 12.8 Å². The Balaban J connectivity index is 1.23. The van der Waals surface area contributed by atoms with Gasteiger partial charge in [0.25, 0.3) is 5.91 Å². The van der Waals surface area contributed by atoms with E-state index in [-0.39, 0.29) is 18.6 Å². The van der Waals surface area contributed by atoms with Gasteiger partial charge >= 0.3 is 0 Å². The molecule has 1 aromatic carbocycles. The third kappa shape index (κ3) is 3.67. The predicted molar refractivity (Wildman–Crippen MR) is 86.3 cm³/mol. The number of rotatable bonds is 5. The zero-order valence-corrected chi connectivity index (χ0v) is 13.3. The maximum atomic E-state index is 12.1. The van der Waals surface area contributed by atoms with E-state index >= 15 is 0 Å². The van der Waals surface area contributed by atoms with Gasteiger partial charge in [-0.05, 0) is 37.3 Å². The van der Waals surface area contributed by atoms with Crippen LogP contribution >= 0.6 is 0 Å². The van der Waals surface area contributed by atoms with Crippen LogP contribution in [-0.2, 0) is 9.53 Å². The molecule has 5 heteroatoms. The topological polar surface area (TPSA) is 50.8 Å². The fourth-order valence-corrected chi connectivity index (χ4v) is 3.69. The van der Waals surface area contributed by atoms with Gasteiger partial charge in [-0.1, -0.05) is 18.2 Å². The standard InChI is InChI=1S/C18H24N2O3/c21-18(12-22-16-4-2-1-3-5-16)19-14-8-15-11-23-17(13-6-7-13)10-20(15)9-14/h1-5,13-15,17H,6-12H2,(H,19,21)/t14-,15-,17-/m0/s1. The minimum atomic E-state index is -0.0432. The summed E-state index contributed by atoms with van der Waals surface area (Å²) in [6, 6.07) is 10.1. The molecule has 0 radical (unpaired) electrons. The summed E-state index contributed by atoms with van der Waals surface area (Å²) in [6.45, 7) is 2.86. The Bertz CT molecular complexity index is 546. The second-order valence-electron chi connectivity index (χ2n) is 6.92. The molecule has 4 rings (SSSR count). The van der Waals surface area contributed by atoms with Gasteiger partial charge in [-0.2, -0.15) is 0 Å². The van der Waals surface area contributed by atoms with Crippen molar-refractivity contribution in [2.24, 2.45) is 5.92 Å². The zero-order chi connectivity index (χ0) is 15.6. The number of ether oxygens (including phenoxy) is 2. The highest BCUT2D eigenvalue weighted by Crippen LogP contribution is 2.37. The lowest BCUT2D eigenvalue weighted by atomic mass is 10.1. The summed E-state index contributed by atoms with van der Waals surface area (Å²) in [4.78, 5) is 14.6. The number of nitrogens with one attached hydrogen (secondary N) is 1. The van der Waals surface area contributed by atoms with Crippen molar-refractivity contribution in [3.05, 3.63) is 30.3 Å². The molecule has 1 N–H and O–H groups in total. The van der Waals surface area contributed by atoms with Crippen LogP contribution in [-0.4, -0.2) is 55.3 Å². The average Bonchev–Trinajstić information content (AvgIpc) is 3.34. The molecule has 1 aromatic rings. The SMILES string of the molecule is O=C(COc1ccccc1)N[C@H]1C[C@H]2CO[C@H](C3CC3)CN2C1. The second-order valence-corrected chi connectivity index (χ2v) is 6.92. The van der Waals surface area contributed by atoms with Crippen molar-refractivity contribution in [3.8, 4) is 5.75 Å². The number of morpholine rings is 1. The summed E-state index contributed by atoms with van der Waals surface area (Å²) in [6.07, 6.45) is 4.04. The van der Waals surface area contributed by atoms with Gasteiger partial charge in [0, 0.05) is 25.2 Å². The highest BCUT2D eigenvalue weighted by molar-refractivity contribution is 5.77. The maximum absolute atomic E-state index is 12.1. The lowest BCUT2D eigenvalue weighted by Crippen LogP contribution is -2.47. The lowest BCUT2D eigenvalue weighted by molar-refractivity contribution is -0.123. The Hall–Kier alpha value is -1.59. The van der Waals surface area contributed by atoms with Gasteiger partial charge in [0.1, 0.15) is 5.75 Å². The molecule has 5 nitrogen and oxygen atoms in total. The fraction of sp³-hybridized carbons (Fsp3) is 0.611. The predicted octanol–water partition coefficient (Wildman–Crippen LogP) is 1.43. The monoisotopic (exact) mass is 316 g/mol. The molecular formula is C18H24N2O3.